The summed E-state index contributed by atoms with van der Waals surface area (Å²) in [6.45, 7) is 6.77. The molecule has 0 atom stereocenters. The number of benzene rings is 1. The van der Waals surface area contributed by atoms with Crippen LogP contribution >= 0.6 is 11.3 Å². The van der Waals surface area contributed by atoms with Gasteiger partial charge in [0.05, 0.1) is 23.0 Å². The molecular weight excluding hydrogens is 573 g/mol. The fourth-order valence-electron chi connectivity index (χ4n) is 3.64. The van der Waals surface area contributed by atoms with Crippen LogP contribution in [0.1, 0.15) is 10.4 Å². The monoisotopic (exact) mass is 599 g/mol. The Morgan fingerprint density at radius 3 is 2.52 bits per heavy atom. The van der Waals surface area contributed by atoms with Crippen molar-refractivity contribution in [2.75, 3.05) is 11.9 Å². The zero-order chi connectivity index (χ0) is 29.1. The summed E-state index contributed by atoms with van der Waals surface area (Å²) in [6.07, 6.45) is -1.23. The standard InChI is InChI=1S/C25H26F5N5O3SSi/c1-40(2,3)7-6-37-14-35-12-17(25(28,29)30)21-20(4-5-32-23(21)35)38-22-18(26)8-15(9-19(22)27)34-24(36)33-11-16-10-31-13-39-16/h4-5,8-10,12-13H,6-7,11,14H2,1-3H3,(H2,33,34,36). The summed E-state index contributed by atoms with van der Waals surface area (Å²) in [4.78, 5) is 20.8. The number of aromatic nitrogens is 3. The van der Waals surface area contributed by atoms with Gasteiger partial charge in [-0.05, 0) is 12.1 Å². The second-order valence-electron chi connectivity index (χ2n) is 10.0. The number of anilines is 1. The minimum atomic E-state index is -4.81. The summed E-state index contributed by atoms with van der Waals surface area (Å²) < 4.78 is 83.8. The van der Waals surface area contributed by atoms with Crippen LogP contribution in [0.3, 0.4) is 0 Å². The molecule has 3 aromatic heterocycles. The largest absolute Gasteiger partial charge is 0.450 e. The van der Waals surface area contributed by atoms with E-state index in [9.17, 15) is 26.7 Å². The highest BCUT2D eigenvalue weighted by Gasteiger charge is 2.37. The van der Waals surface area contributed by atoms with Gasteiger partial charge in [-0.1, -0.05) is 19.6 Å². The molecule has 3 heterocycles. The molecule has 0 saturated carbocycles. The number of nitrogens with one attached hydrogen (secondary N) is 2. The van der Waals surface area contributed by atoms with Gasteiger partial charge in [-0.2, -0.15) is 13.2 Å². The van der Waals surface area contributed by atoms with E-state index in [2.05, 4.69) is 40.2 Å². The smallest absolute Gasteiger partial charge is 0.418 e. The Labute approximate surface area is 231 Å². The summed E-state index contributed by atoms with van der Waals surface area (Å²) in [5.41, 5.74) is 0.164. The Morgan fingerprint density at radius 1 is 1.18 bits per heavy atom. The van der Waals surface area contributed by atoms with Gasteiger partial charge in [0, 0.05) is 56.0 Å². The number of nitrogens with zero attached hydrogens (tertiary/aromatic N) is 3. The lowest BCUT2D eigenvalue weighted by Crippen LogP contribution is -2.28. The van der Waals surface area contributed by atoms with Crippen LogP contribution in [0.15, 0.2) is 42.3 Å². The fourth-order valence-corrected chi connectivity index (χ4v) is 4.93. The van der Waals surface area contributed by atoms with Crippen LogP contribution in [0.2, 0.25) is 25.7 Å². The number of halogens is 5. The highest BCUT2D eigenvalue weighted by molar-refractivity contribution is 7.09. The molecule has 15 heteroatoms. The molecule has 214 valence electrons. The molecule has 0 aliphatic carbocycles. The van der Waals surface area contributed by atoms with E-state index in [1.807, 2.05) is 0 Å². The highest BCUT2D eigenvalue weighted by Crippen LogP contribution is 2.42. The first-order chi connectivity index (χ1) is 18.8. The van der Waals surface area contributed by atoms with E-state index >= 15 is 0 Å². The minimum Gasteiger partial charge on any atom is -0.450 e. The van der Waals surface area contributed by atoms with Crippen LogP contribution in [0, 0.1) is 11.6 Å². The van der Waals surface area contributed by atoms with E-state index in [0.29, 0.717) is 6.61 Å². The quantitative estimate of drug-likeness (QED) is 0.114. The number of pyridine rings is 1. The summed E-state index contributed by atoms with van der Waals surface area (Å²) in [7, 11) is -1.42. The van der Waals surface area contributed by atoms with Crippen molar-refractivity contribution in [2.24, 2.45) is 0 Å². The van der Waals surface area contributed by atoms with Crippen molar-refractivity contribution in [3.8, 4) is 11.5 Å². The van der Waals surface area contributed by atoms with Crippen LogP contribution in [0.25, 0.3) is 11.0 Å². The summed E-state index contributed by atoms with van der Waals surface area (Å²) in [6, 6.07) is 2.78. The predicted molar refractivity (Wildman–Crippen MR) is 143 cm³/mol. The number of thiazole rings is 1. The van der Waals surface area contributed by atoms with Gasteiger partial charge < -0.3 is 24.7 Å². The highest BCUT2D eigenvalue weighted by atomic mass is 32.1. The summed E-state index contributed by atoms with van der Waals surface area (Å²) >= 11 is 1.32. The van der Waals surface area contributed by atoms with E-state index < -0.39 is 54.4 Å². The number of carbonyl (C=O) groups excluding carboxylic acids is 1. The number of fused-ring (bicyclic) bond motifs is 1. The number of rotatable bonds is 10. The Bertz CT molecular complexity index is 1470. The van der Waals surface area contributed by atoms with Gasteiger partial charge >= 0.3 is 12.2 Å². The van der Waals surface area contributed by atoms with Crippen LogP contribution < -0.4 is 15.4 Å². The van der Waals surface area contributed by atoms with Crippen molar-refractivity contribution in [1.29, 1.82) is 0 Å². The molecular formula is C25H26F5N5O3SSi. The van der Waals surface area contributed by atoms with Gasteiger partial charge in [0.25, 0.3) is 0 Å². The van der Waals surface area contributed by atoms with E-state index in [-0.39, 0.29) is 24.6 Å². The summed E-state index contributed by atoms with van der Waals surface area (Å²) in [5, 5.41) is 4.35. The van der Waals surface area contributed by atoms with Crippen molar-refractivity contribution >= 4 is 42.2 Å². The lowest BCUT2D eigenvalue weighted by atomic mass is 10.2. The molecule has 0 bridgehead atoms. The number of amides is 2. The SMILES string of the molecule is C[Si](C)(C)CCOCn1cc(C(F)(F)F)c2c(Oc3c(F)cc(NC(=O)NCc4cncs4)cc3F)ccnc21. The van der Waals surface area contributed by atoms with E-state index in [0.717, 1.165) is 35.3 Å². The molecule has 0 radical (unpaired) electrons. The predicted octanol–water partition coefficient (Wildman–Crippen LogP) is 7.22. The lowest BCUT2D eigenvalue weighted by molar-refractivity contribution is -0.136. The van der Waals surface area contributed by atoms with E-state index in [4.69, 9.17) is 9.47 Å². The van der Waals surface area contributed by atoms with Crippen molar-refractivity contribution < 1.29 is 36.2 Å². The first-order valence-electron chi connectivity index (χ1n) is 12.0. The number of carbonyl (C=O) groups is 1. The summed E-state index contributed by atoms with van der Waals surface area (Å²) in [5.74, 6) is -3.84. The van der Waals surface area contributed by atoms with Gasteiger partial charge in [-0.3, -0.25) is 4.98 Å². The molecule has 0 unspecified atom stereocenters. The topological polar surface area (TPSA) is 90.3 Å². The van der Waals surface area contributed by atoms with Gasteiger partial charge in [0.1, 0.15) is 18.1 Å². The third kappa shape index (κ3) is 7.34. The van der Waals surface area contributed by atoms with Crippen molar-refractivity contribution in [2.45, 2.75) is 45.1 Å². The Kier molecular flexibility index (Phi) is 8.75. The molecule has 0 spiro atoms. The molecule has 8 nitrogen and oxygen atoms in total. The Hall–Kier alpha value is -3.56. The van der Waals surface area contributed by atoms with Gasteiger partial charge in [-0.15, -0.1) is 11.3 Å². The van der Waals surface area contributed by atoms with Crippen LogP contribution in [0.5, 0.6) is 11.5 Å². The molecule has 2 N–H and O–H groups in total. The number of hydrogen-bond acceptors (Lipinski definition) is 6. The van der Waals surface area contributed by atoms with Crippen LogP contribution in [-0.2, 0) is 24.2 Å². The number of ether oxygens (including phenoxy) is 2. The molecule has 4 rings (SSSR count). The number of hydrogen-bond donors (Lipinski definition) is 2. The Balaban J connectivity index is 1.56. The van der Waals surface area contributed by atoms with Crippen LogP contribution in [-0.4, -0.2) is 35.2 Å². The molecule has 2 amide bonds. The Morgan fingerprint density at radius 2 is 1.90 bits per heavy atom. The van der Waals surface area contributed by atoms with Crippen molar-refractivity contribution in [3.63, 3.8) is 0 Å². The average Bonchev–Trinajstić information content (AvgIpc) is 3.51. The minimum absolute atomic E-state index is 0.116. The normalized spacial score (nSPS) is 12.1. The van der Waals surface area contributed by atoms with Crippen molar-refractivity contribution in [1.82, 2.24) is 19.9 Å². The number of alkyl halides is 3. The van der Waals surface area contributed by atoms with E-state index in [1.54, 1.807) is 11.7 Å². The third-order valence-electron chi connectivity index (χ3n) is 5.63. The van der Waals surface area contributed by atoms with E-state index in [1.165, 1.54) is 22.1 Å². The fraction of sp³-hybridized carbons (Fsp3) is 0.320. The molecule has 0 fully saturated rings. The molecule has 40 heavy (non-hydrogen) atoms. The molecule has 1 aromatic carbocycles. The zero-order valence-electron chi connectivity index (χ0n) is 21.7. The third-order valence-corrected chi connectivity index (χ3v) is 8.11. The first kappa shape index (κ1) is 29.4. The molecule has 0 aliphatic heterocycles. The molecule has 0 aliphatic rings. The zero-order valence-corrected chi connectivity index (χ0v) is 23.6. The van der Waals surface area contributed by atoms with Gasteiger partial charge in [0.15, 0.2) is 17.4 Å². The maximum absolute atomic E-state index is 14.9. The van der Waals surface area contributed by atoms with Gasteiger partial charge in [0.2, 0.25) is 0 Å². The lowest BCUT2D eigenvalue weighted by Gasteiger charge is -2.15. The second-order valence-corrected chi connectivity index (χ2v) is 16.6. The molecule has 4 aromatic rings. The molecule has 0 saturated heterocycles. The maximum Gasteiger partial charge on any atom is 0.418 e. The van der Waals surface area contributed by atoms with Crippen LogP contribution in [0.4, 0.5) is 32.4 Å². The average molecular weight is 600 g/mol. The second kappa shape index (κ2) is 11.9. The van der Waals surface area contributed by atoms with Crippen molar-refractivity contribution in [3.05, 3.63) is 64.4 Å². The maximum atomic E-state index is 14.9. The number of urea groups is 1. The first-order valence-corrected chi connectivity index (χ1v) is 16.6. The van der Waals surface area contributed by atoms with Gasteiger partial charge in [-0.25, -0.2) is 18.6 Å².